The van der Waals surface area contributed by atoms with Crippen LogP contribution in [0.5, 0.6) is 0 Å². The van der Waals surface area contributed by atoms with Gasteiger partial charge in [-0.05, 0) is 25.7 Å². The van der Waals surface area contributed by atoms with Crippen molar-refractivity contribution in [2.24, 2.45) is 5.92 Å². The SMILES string of the molecule is CCCCNC(=O)CN1CCC2(O)CCCCC2C1. The number of hydrogen-bond donors (Lipinski definition) is 2. The molecule has 2 aliphatic rings. The minimum atomic E-state index is -0.437. The zero-order valence-corrected chi connectivity index (χ0v) is 12.2. The fourth-order valence-electron chi connectivity index (χ4n) is 3.45. The van der Waals surface area contributed by atoms with Crippen LogP contribution in [0.1, 0.15) is 51.9 Å². The smallest absolute Gasteiger partial charge is 0.234 e. The average Bonchev–Trinajstić information content (AvgIpc) is 2.39. The summed E-state index contributed by atoms with van der Waals surface area (Å²) in [6.45, 7) is 5.15. The molecule has 1 aliphatic carbocycles. The number of likely N-dealkylation sites (tertiary alicyclic amines) is 1. The molecule has 110 valence electrons. The number of amides is 1. The van der Waals surface area contributed by atoms with Gasteiger partial charge in [0.05, 0.1) is 12.1 Å². The maximum absolute atomic E-state index is 11.8. The van der Waals surface area contributed by atoms with Crippen LogP contribution in [0, 0.1) is 5.92 Å². The van der Waals surface area contributed by atoms with E-state index >= 15 is 0 Å². The highest BCUT2D eigenvalue weighted by molar-refractivity contribution is 5.77. The minimum absolute atomic E-state index is 0.134. The summed E-state index contributed by atoms with van der Waals surface area (Å²) in [7, 11) is 0. The van der Waals surface area contributed by atoms with E-state index in [9.17, 15) is 9.90 Å². The number of aliphatic hydroxyl groups is 1. The molecule has 19 heavy (non-hydrogen) atoms. The lowest BCUT2D eigenvalue weighted by atomic mass is 9.71. The molecule has 1 saturated carbocycles. The van der Waals surface area contributed by atoms with E-state index in [0.717, 1.165) is 58.2 Å². The fraction of sp³-hybridized carbons (Fsp3) is 0.933. The molecule has 4 heteroatoms. The molecule has 2 atom stereocenters. The summed E-state index contributed by atoms with van der Waals surface area (Å²) in [4.78, 5) is 14.0. The van der Waals surface area contributed by atoms with Gasteiger partial charge in [-0.3, -0.25) is 9.69 Å². The zero-order valence-electron chi connectivity index (χ0n) is 12.2. The Labute approximate surface area is 116 Å². The molecule has 1 saturated heterocycles. The van der Waals surface area contributed by atoms with E-state index in [2.05, 4.69) is 17.1 Å². The van der Waals surface area contributed by atoms with Crippen LogP contribution in [0.25, 0.3) is 0 Å². The van der Waals surface area contributed by atoms with Crippen molar-refractivity contribution < 1.29 is 9.90 Å². The van der Waals surface area contributed by atoms with Gasteiger partial charge in [-0.1, -0.05) is 26.2 Å². The molecular weight excluding hydrogens is 240 g/mol. The molecule has 2 N–H and O–H groups in total. The van der Waals surface area contributed by atoms with Crippen molar-refractivity contribution in [3.63, 3.8) is 0 Å². The molecule has 0 aromatic heterocycles. The van der Waals surface area contributed by atoms with Gasteiger partial charge in [0, 0.05) is 25.6 Å². The normalized spacial score (nSPS) is 31.8. The molecule has 4 nitrogen and oxygen atoms in total. The van der Waals surface area contributed by atoms with Crippen LogP contribution in [0.3, 0.4) is 0 Å². The summed E-state index contributed by atoms with van der Waals surface area (Å²) < 4.78 is 0. The molecule has 0 spiro atoms. The van der Waals surface area contributed by atoms with Crippen molar-refractivity contribution in [3.8, 4) is 0 Å². The summed E-state index contributed by atoms with van der Waals surface area (Å²) in [5.74, 6) is 0.508. The van der Waals surface area contributed by atoms with E-state index in [-0.39, 0.29) is 5.91 Å². The second-order valence-corrected chi connectivity index (χ2v) is 6.23. The van der Waals surface area contributed by atoms with Gasteiger partial charge in [-0.25, -0.2) is 0 Å². The van der Waals surface area contributed by atoms with Crippen LogP contribution in [0.15, 0.2) is 0 Å². The molecule has 0 bridgehead atoms. The average molecular weight is 268 g/mol. The Hall–Kier alpha value is -0.610. The summed E-state index contributed by atoms with van der Waals surface area (Å²) in [6, 6.07) is 0. The number of nitrogens with zero attached hydrogens (tertiary/aromatic N) is 1. The third-order valence-corrected chi connectivity index (χ3v) is 4.73. The molecule has 0 aromatic carbocycles. The third kappa shape index (κ3) is 3.93. The van der Waals surface area contributed by atoms with Crippen LogP contribution in [0.2, 0.25) is 0 Å². The number of piperidine rings is 1. The third-order valence-electron chi connectivity index (χ3n) is 4.73. The largest absolute Gasteiger partial charge is 0.390 e. The van der Waals surface area contributed by atoms with Crippen LogP contribution in [-0.4, -0.2) is 47.7 Å². The zero-order chi connectivity index (χ0) is 13.7. The fourth-order valence-corrected chi connectivity index (χ4v) is 3.45. The highest BCUT2D eigenvalue weighted by atomic mass is 16.3. The molecule has 2 rings (SSSR count). The van der Waals surface area contributed by atoms with Crippen LogP contribution >= 0.6 is 0 Å². The second-order valence-electron chi connectivity index (χ2n) is 6.23. The first kappa shape index (κ1) is 14.8. The lowest BCUT2D eigenvalue weighted by molar-refractivity contribution is -0.127. The van der Waals surface area contributed by atoms with Gasteiger partial charge in [-0.2, -0.15) is 0 Å². The molecule has 1 aliphatic heterocycles. The standard InChI is InChI=1S/C15H28N2O2/c1-2-3-9-16-14(18)12-17-10-8-15(19)7-5-4-6-13(15)11-17/h13,19H,2-12H2,1H3,(H,16,18). The molecule has 2 unspecified atom stereocenters. The van der Waals surface area contributed by atoms with Crippen LogP contribution < -0.4 is 5.32 Å². The van der Waals surface area contributed by atoms with Crippen molar-refractivity contribution in [1.82, 2.24) is 10.2 Å². The molecule has 0 aromatic rings. The highest BCUT2D eigenvalue weighted by Crippen LogP contribution is 2.39. The number of carbonyl (C=O) groups is 1. The van der Waals surface area contributed by atoms with E-state index in [1.807, 2.05) is 0 Å². The first-order valence-corrected chi connectivity index (χ1v) is 7.85. The Morgan fingerprint density at radius 2 is 2.26 bits per heavy atom. The Morgan fingerprint density at radius 1 is 1.42 bits per heavy atom. The monoisotopic (exact) mass is 268 g/mol. The van der Waals surface area contributed by atoms with E-state index in [1.54, 1.807) is 0 Å². The van der Waals surface area contributed by atoms with E-state index in [1.165, 1.54) is 6.42 Å². The second kappa shape index (κ2) is 6.71. The van der Waals surface area contributed by atoms with Crippen molar-refractivity contribution in [2.75, 3.05) is 26.2 Å². The minimum Gasteiger partial charge on any atom is -0.390 e. The first-order valence-electron chi connectivity index (χ1n) is 7.85. The first-order chi connectivity index (χ1) is 9.14. The number of carbonyl (C=O) groups excluding carboxylic acids is 1. The quantitative estimate of drug-likeness (QED) is 0.744. The number of hydrogen-bond acceptors (Lipinski definition) is 3. The molecule has 1 amide bonds. The highest BCUT2D eigenvalue weighted by Gasteiger charge is 2.42. The predicted molar refractivity (Wildman–Crippen MR) is 75.9 cm³/mol. The summed E-state index contributed by atoms with van der Waals surface area (Å²) in [5, 5.41) is 13.6. The predicted octanol–water partition coefficient (Wildman–Crippen LogP) is 1.53. The van der Waals surface area contributed by atoms with E-state index in [0.29, 0.717) is 12.5 Å². The van der Waals surface area contributed by atoms with Gasteiger partial charge in [0.1, 0.15) is 0 Å². The van der Waals surface area contributed by atoms with Crippen LogP contribution in [0.4, 0.5) is 0 Å². The lowest BCUT2D eigenvalue weighted by Gasteiger charge is -2.47. The van der Waals surface area contributed by atoms with Gasteiger partial charge in [0.25, 0.3) is 0 Å². The maximum atomic E-state index is 11.8. The van der Waals surface area contributed by atoms with Gasteiger partial charge in [-0.15, -0.1) is 0 Å². The number of rotatable bonds is 5. The van der Waals surface area contributed by atoms with E-state index in [4.69, 9.17) is 0 Å². The van der Waals surface area contributed by atoms with Gasteiger partial charge in [0.2, 0.25) is 5.91 Å². The van der Waals surface area contributed by atoms with Crippen molar-refractivity contribution in [3.05, 3.63) is 0 Å². The number of fused-ring (bicyclic) bond motifs is 1. The molecule has 1 heterocycles. The topological polar surface area (TPSA) is 52.6 Å². The molecule has 0 radical (unpaired) electrons. The Kier molecular flexibility index (Phi) is 5.22. The number of nitrogens with one attached hydrogen (secondary N) is 1. The lowest BCUT2D eigenvalue weighted by Crippen LogP contribution is -2.54. The van der Waals surface area contributed by atoms with Gasteiger partial charge < -0.3 is 10.4 Å². The Bertz CT molecular complexity index is 309. The van der Waals surface area contributed by atoms with Crippen molar-refractivity contribution >= 4 is 5.91 Å². The molecular formula is C15H28N2O2. The van der Waals surface area contributed by atoms with E-state index < -0.39 is 5.60 Å². The summed E-state index contributed by atoms with van der Waals surface area (Å²) >= 11 is 0. The Morgan fingerprint density at radius 3 is 3.05 bits per heavy atom. The van der Waals surface area contributed by atoms with Gasteiger partial charge >= 0.3 is 0 Å². The summed E-state index contributed by atoms with van der Waals surface area (Å²) in [6.07, 6.45) is 7.44. The summed E-state index contributed by atoms with van der Waals surface area (Å²) in [5.41, 5.74) is -0.437. The van der Waals surface area contributed by atoms with Gasteiger partial charge in [0.15, 0.2) is 0 Å². The van der Waals surface area contributed by atoms with Crippen molar-refractivity contribution in [1.29, 1.82) is 0 Å². The number of unbranched alkanes of at least 4 members (excludes halogenated alkanes) is 1. The van der Waals surface area contributed by atoms with Crippen molar-refractivity contribution in [2.45, 2.75) is 57.5 Å². The Balaban J connectivity index is 1.76. The van der Waals surface area contributed by atoms with Crippen LogP contribution in [-0.2, 0) is 4.79 Å². The molecule has 2 fully saturated rings. The maximum Gasteiger partial charge on any atom is 0.234 e.